The largest absolute Gasteiger partial charge is 0.480 e. The average Bonchev–Trinajstić information content (AvgIpc) is 3.45. The smallest absolute Gasteiger partial charge is 0.435 e. The zero-order valence-corrected chi connectivity index (χ0v) is 17.7. The molecule has 4 aromatic heterocycles. The fourth-order valence-corrected chi connectivity index (χ4v) is 3.66. The first kappa shape index (κ1) is 21.4. The van der Waals surface area contributed by atoms with Gasteiger partial charge in [-0.15, -0.1) is 10.2 Å². The molecule has 0 saturated heterocycles. The van der Waals surface area contributed by atoms with Crippen molar-refractivity contribution < 1.29 is 22.3 Å². The van der Waals surface area contributed by atoms with Crippen LogP contribution in [0.5, 0.6) is 5.88 Å². The number of nitrogens with one attached hydrogen (secondary N) is 1. The number of halogens is 3. The third-order valence-electron chi connectivity index (χ3n) is 5.14. The number of ether oxygens (including phenoxy) is 1. The summed E-state index contributed by atoms with van der Waals surface area (Å²) in [7, 11) is 1.42. The monoisotopic (exact) mass is 468 g/mol. The van der Waals surface area contributed by atoms with Crippen molar-refractivity contribution in [3.8, 4) is 39.9 Å². The highest BCUT2D eigenvalue weighted by atomic mass is 19.4. The number of aryl methyl sites for hydroxylation is 1. The first-order valence-corrected chi connectivity index (χ1v) is 9.91. The Morgan fingerprint density at radius 2 is 1.76 bits per heavy atom. The lowest BCUT2D eigenvalue weighted by Crippen LogP contribution is -2.20. The highest BCUT2D eigenvalue weighted by molar-refractivity contribution is 5.81. The molecule has 0 saturated carbocycles. The quantitative estimate of drug-likeness (QED) is 0.422. The number of benzene rings is 1. The number of nitrogens with zero attached hydrogens (tertiary/aromatic N) is 5. The zero-order chi connectivity index (χ0) is 24.0. The van der Waals surface area contributed by atoms with Gasteiger partial charge in [0.25, 0.3) is 17.3 Å². The predicted molar refractivity (Wildman–Crippen MR) is 114 cm³/mol. The Hall–Kier alpha value is -4.48. The fourth-order valence-electron chi connectivity index (χ4n) is 3.66. The molecule has 0 aliphatic heterocycles. The Kier molecular flexibility index (Phi) is 4.92. The van der Waals surface area contributed by atoms with Gasteiger partial charge in [0.15, 0.2) is 5.69 Å². The van der Waals surface area contributed by atoms with E-state index in [1.807, 2.05) is 0 Å². The second-order valence-electron chi connectivity index (χ2n) is 7.25. The van der Waals surface area contributed by atoms with E-state index in [1.54, 1.807) is 30.3 Å². The van der Waals surface area contributed by atoms with Crippen molar-refractivity contribution in [2.45, 2.75) is 13.1 Å². The predicted octanol–water partition coefficient (Wildman–Crippen LogP) is 4.14. The second-order valence-corrected chi connectivity index (χ2v) is 7.25. The van der Waals surface area contributed by atoms with E-state index in [-0.39, 0.29) is 45.7 Å². The molecule has 34 heavy (non-hydrogen) atoms. The van der Waals surface area contributed by atoms with Crippen molar-refractivity contribution in [1.29, 1.82) is 0 Å². The Morgan fingerprint density at radius 3 is 2.47 bits per heavy atom. The van der Waals surface area contributed by atoms with E-state index in [4.69, 9.17) is 9.15 Å². The number of methoxy groups -OCH3 is 1. The molecule has 0 amide bonds. The molecule has 0 aliphatic carbocycles. The molecule has 1 aromatic carbocycles. The summed E-state index contributed by atoms with van der Waals surface area (Å²) >= 11 is 0. The van der Waals surface area contributed by atoms with Crippen LogP contribution in [0.3, 0.4) is 0 Å². The lowest BCUT2D eigenvalue weighted by molar-refractivity contribution is -0.140. The number of aromatic amines is 1. The number of hydrogen-bond donors (Lipinski definition) is 1. The molecule has 0 radical (unpaired) electrons. The second kappa shape index (κ2) is 7.83. The number of aromatic nitrogens is 6. The van der Waals surface area contributed by atoms with Gasteiger partial charge in [0.05, 0.1) is 12.7 Å². The normalized spacial score (nSPS) is 11.8. The zero-order valence-electron chi connectivity index (χ0n) is 17.7. The van der Waals surface area contributed by atoms with Crippen LogP contribution >= 0.6 is 0 Å². The van der Waals surface area contributed by atoms with Crippen molar-refractivity contribution >= 4 is 5.65 Å². The minimum absolute atomic E-state index is 0.0280. The van der Waals surface area contributed by atoms with Crippen LogP contribution in [0.25, 0.3) is 39.7 Å². The molecular weight excluding hydrogens is 453 g/mol. The Morgan fingerprint density at radius 1 is 1.03 bits per heavy atom. The van der Waals surface area contributed by atoms with E-state index in [2.05, 4.69) is 25.3 Å². The van der Waals surface area contributed by atoms with Gasteiger partial charge in [0, 0.05) is 11.9 Å². The Labute approximate surface area is 188 Å². The number of H-pyrrole nitrogens is 1. The SMILES string of the molecule is COc1ncccc1-c1nnc(-c2c(C)[nH]c3c(-c4ccccc4)c(C(F)(F)F)nn3c2=O)o1. The van der Waals surface area contributed by atoms with Gasteiger partial charge in [-0.3, -0.25) is 4.79 Å². The van der Waals surface area contributed by atoms with Gasteiger partial charge in [-0.05, 0) is 24.6 Å². The molecule has 4 heterocycles. The van der Waals surface area contributed by atoms with E-state index >= 15 is 0 Å². The van der Waals surface area contributed by atoms with Crippen LogP contribution < -0.4 is 10.3 Å². The van der Waals surface area contributed by atoms with Gasteiger partial charge in [-0.25, -0.2) is 4.98 Å². The van der Waals surface area contributed by atoms with E-state index in [0.29, 0.717) is 10.1 Å². The van der Waals surface area contributed by atoms with Crippen LogP contribution in [-0.4, -0.2) is 36.9 Å². The maximum atomic E-state index is 13.8. The van der Waals surface area contributed by atoms with Gasteiger partial charge in [0.1, 0.15) is 16.8 Å². The van der Waals surface area contributed by atoms with Crippen molar-refractivity contribution in [3.05, 3.63) is 70.4 Å². The number of alkyl halides is 3. The molecule has 0 aliphatic rings. The summed E-state index contributed by atoms with van der Waals surface area (Å²) in [4.78, 5) is 20.2. The fraction of sp³-hybridized carbons (Fsp3) is 0.136. The lowest BCUT2D eigenvalue weighted by atomic mass is 10.1. The summed E-state index contributed by atoms with van der Waals surface area (Å²) < 4.78 is 53.0. The summed E-state index contributed by atoms with van der Waals surface area (Å²) in [5.41, 5.74) is -1.58. The van der Waals surface area contributed by atoms with Crippen LogP contribution in [0.4, 0.5) is 13.2 Å². The van der Waals surface area contributed by atoms with Crippen molar-refractivity contribution in [2.75, 3.05) is 7.11 Å². The average molecular weight is 468 g/mol. The topological polar surface area (TPSA) is 111 Å². The molecule has 0 bridgehead atoms. The molecule has 5 aromatic rings. The third-order valence-corrected chi connectivity index (χ3v) is 5.14. The van der Waals surface area contributed by atoms with Gasteiger partial charge in [-0.2, -0.15) is 22.8 Å². The molecule has 0 atom stereocenters. The maximum Gasteiger partial charge on any atom is 0.435 e. The minimum Gasteiger partial charge on any atom is -0.480 e. The number of rotatable bonds is 4. The van der Waals surface area contributed by atoms with Crippen molar-refractivity contribution in [3.63, 3.8) is 0 Å². The molecule has 0 unspecified atom stereocenters. The summed E-state index contributed by atoms with van der Waals surface area (Å²) in [6, 6.07) is 11.2. The number of fused-ring (bicyclic) bond motifs is 1. The van der Waals surface area contributed by atoms with Gasteiger partial charge >= 0.3 is 6.18 Å². The van der Waals surface area contributed by atoms with Gasteiger partial charge in [0.2, 0.25) is 5.88 Å². The maximum absolute atomic E-state index is 13.8. The van der Waals surface area contributed by atoms with E-state index < -0.39 is 17.4 Å². The molecule has 12 heteroatoms. The van der Waals surface area contributed by atoms with Gasteiger partial charge < -0.3 is 14.1 Å². The molecule has 9 nitrogen and oxygen atoms in total. The third kappa shape index (κ3) is 3.39. The number of hydrogen-bond acceptors (Lipinski definition) is 7. The van der Waals surface area contributed by atoms with Crippen LogP contribution in [0.2, 0.25) is 0 Å². The first-order chi connectivity index (χ1) is 16.3. The standard InChI is InChI=1S/C22H15F3N6O3/c1-11-14(20-29-28-19(34-20)13-9-6-10-26-18(13)33-2)21(32)31-17(27-11)15(12-7-4-3-5-8-12)16(30-31)22(23,24)25/h3-10,27H,1-2H3. The number of pyridine rings is 1. The molecule has 0 spiro atoms. The Bertz CT molecular complexity index is 1570. The van der Waals surface area contributed by atoms with E-state index in [0.717, 1.165) is 0 Å². The van der Waals surface area contributed by atoms with Crippen molar-refractivity contribution in [2.24, 2.45) is 0 Å². The van der Waals surface area contributed by atoms with Crippen molar-refractivity contribution in [1.82, 2.24) is 29.8 Å². The summed E-state index contributed by atoms with van der Waals surface area (Å²) in [5, 5.41) is 11.5. The molecule has 1 N–H and O–H groups in total. The molecule has 172 valence electrons. The van der Waals surface area contributed by atoms with E-state index in [9.17, 15) is 18.0 Å². The minimum atomic E-state index is -4.79. The first-order valence-electron chi connectivity index (χ1n) is 9.91. The summed E-state index contributed by atoms with van der Waals surface area (Å²) in [6.07, 6.45) is -3.28. The lowest BCUT2D eigenvalue weighted by Gasteiger charge is -2.07. The van der Waals surface area contributed by atoms with Crippen LogP contribution in [-0.2, 0) is 6.18 Å². The molecule has 0 fully saturated rings. The molecule has 5 rings (SSSR count). The van der Waals surface area contributed by atoms with Crippen LogP contribution in [0.1, 0.15) is 11.4 Å². The van der Waals surface area contributed by atoms with Crippen LogP contribution in [0, 0.1) is 6.92 Å². The summed E-state index contributed by atoms with van der Waals surface area (Å²) in [5.74, 6) is 0.0697. The Balaban J connectivity index is 1.73. The van der Waals surface area contributed by atoms with Gasteiger partial charge in [-0.1, -0.05) is 30.3 Å². The highest BCUT2D eigenvalue weighted by Crippen LogP contribution is 2.38. The molecular formula is C22H15F3N6O3. The highest BCUT2D eigenvalue weighted by Gasteiger charge is 2.39. The van der Waals surface area contributed by atoms with Crippen LogP contribution in [0.15, 0.2) is 57.9 Å². The van der Waals surface area contributed by atoms with E-state index in [1.165, 1.54) is 32.4 Å². The summed E-state index contributed by atoms with van der Waals surface area (Å²) in [6.45, 7) is 1.53.